The van der Waals surface area contributed by atoms with Gasteiger partial charge in [-0.1, -0.05) is 33.0 Å². The molecule has 0 nitrogen and oxygen atoms in total. The summed E-state index contributed by atoms with van der Waals surface area (Å²) in [6.07, 6.45) is 1.53. The van der Waals surface area contributed by atoms with Gasteiger partial charge in [-0.05, 0) is 266 Å². The van der Waals surface area contributed by atoms with Crippen LogP contribution in [0.5, 0.6) is 0 Å². The van der Waals surface area contributed by atoms with E-state index >= 15 is 0 Å². The van der Waals surface area contributed by atoms with Crippen molar-refractivity contribution >= 4 is 208 Å². The van der Waals surface area contributed by atoms with E-state index in [1.54, 1.807) is 32.6 Å². The van der Waals surface area contributed by atoms with Gasteiger partial charge in [0.25, 0.3) is 0 Å². The third-order valence-corrected chi connectivity index (χ3v) is 20.2. The van der Waals surface area contributed by atoms with Gasteiger partial charge in [0.2, 0.25) is 0 Å². The summed E-state index contributed by atoms with van der Waals surface area (Å²) < 4.78 is 0. The van der Waals surface area contributed by atoms with Gasteiger partial charge >= 0.3 is 0 Å². The molecule has 7 rings (SSSR count). The summed E-state index contributed by atoms with van der Waals surface area (Å²) in [6, 6.07) is 0. The molecule has 336 valence electrons. The Morgan fingerprint density at radius 3 is 1.06 bits per heavy atom. The van der Waals surface area contributed by atoms with Crippen LogP contribution in [0.2, 0.25) is 0 Å². The summed E-state index contributed by atoms with van der Waals surface area (Å²) in [7, 11) is 29.6. The zero-order valence-electron chi connectivity index (χ0n) is 49.9. The average Bonchev–Trinajstić information content (AvgIpc) is 3.31. The van der Waals surface area contributed by atoms with E-state index in [2.05, 4.69) is 203 Å². The van der Waals surface area contributed by atoms with E-state index in [1.165, 1.54) is 162 Å². The van der Waals surface area contributed by atoms with Crippen molar-refractivity contribution < 1.29 is 0 Å². The Balaban J connectivity index is 2.03. The molecule has 0 radical (unpaired) electrons. The third-order valence-electron chi connectivity index (χ3n) is 20.2. The van der Waals surface area contributed by atoms with Crippen LogP contribution in [0.4, 0.5) is 0 Å². The summed E-state index contributed by atoms with van der Waals surface area (Å²) >= 11 is 0. The molecular weight excluding hydrogens is 818 g/mol. The molecule has 7 aromatic rings. The molecule has 0 spiro atoms. The molecule has 0 saturated carbocycles. The lowest BCUT2D eigenvalue weighted by Crippen LogP contribution is -2.64. The van der Waals surface area contributed by atoms with Crippen molar-refractivity contribution in [3.05, 3.63) is 94.6 Å². The van der Waals surface area contributed by atoms with Gasteiger partial charge in [0.05, 0.1) is 90.4 Å². The fourth-order valence-corrected chi connectivity index (χ4v) is 14.5. The molecule has 0 aromatic heterocycles. The van der Waals surface area contributed by atoms with E-state index in [0.29, 0.717) is 38.6 Å². The van der Waals surface area contributed by atoms with Crippen LogP contribution >= 0.6 is 0 Å². The first kappa shape index (κ1) is 54.6. The molecule has 0 bridgehead atoms. The van der Waals surface area contributed by atoms with Crippen LogP contribution in [0.15, 0.2) is 0 Å². The maximum absolute atomic E-state index is 2.55. The average molecular weight is 894 g/mol. The van der Waals surface area contributed by atoms with Crippen molar-refractivity contribution in [3.8, 4) is 22.3 Å². The summed E-state index contributed by atoms with van der Waals surface area (Å²) in [4.78, 5) is 0. The normalized spacial score (nSPS) is 11.6. The molecule has 0 fully saturated rings. The van der Waals surface area contributed by atoms with Gasteiger partial charge in [0.15, 0.2) is 0 Å². The van der Waals surface area contributed by atoms with Crippen LogP contribution < -0.4 is 27.3 Å². The van der Waals surface area contributed by atoms with E-state index < -0.39 is 0 Å². The van der Waals surface area contributed by atoms with Crippen molar-refractivity contribution in [1.29, 1.82) is 0 Å². The first-order valence-corrected chi connectivity index (χ1v) is 27.7. The maximum atomic E-state index is 2.55. The lowest BCUT2D eigenvalue weighted by atomic mass is 8.68. The Bertz CT molecular complexity index is 3400. The molecule has 19 heteroatoms. The number of aryl methyl sites for hydroxylation is 7. The van der Waals surface area contributed by atoms with Gasteiger partial charge in [-0.25, -0.2) is 0 Å². The van der Waals surface area contributed by atoms with Gasteiger partial charge in [-0.15, -0.1) is 5.46 Å². The molecular formula is C51H75B19. The molecule has 0 atom stereocenters. The highest BCUT2D eigenvalue weighted by atomic mass is 14.3. The minimum Gasteiger partial charge on any atom is -0.105 e. The summed E-state index contributed by atoms with van der Waals surface area (Å²) in [6.45, 7) is 42.5. The zero-order valence-corrected chi connectivity index (χ0v) is 49.9. The lowest BCUT2D eigenvalue weighted by Gasteiger charge is -2.36. The van der Waals surface area contributed by atoms with Gasteiger partial charge in [0, 0.05) is 26.2 Å². The quantitative estimate of drug-likeness (QED) is 0.102. The topological polar surface area (TPSA) is 0 Å². The molecule has 0 unspecified atom stereocenters. The van der Waals surface area contributed by atoms with E-state index in [4.69, 9.17) is 0 Å². The van der Waals surface area contributed by atoms with Crippen LogP contribution in [-0.2, 0) is 0 Å². The monoisotopic (exact) mass is 897 g/mol. The molecule has 0 amide bonds. The molecule has 0 aliphatic heterocycles. The molecule has 0 aliphatic rings. The van der Waals surface area contributed by atoms with Crippen molar-refractivity contribution in [2.75, 3.05) is 0 Å². The molecule has 7 aromatic carbocycles. The summed E-state index contributed by atoms with van der Waals surface area (Å²) in [5.74, 6) is 0. The Morgan fingerprint density at radius 1 is 0.314 bits per heavy atom. The Labute approximate surface area is 440 Å². The number of benzene rings is 7. The highest BCUT2D eigenvalue weighted by Crippen LogP contribution is 2.53. The van der Waals surface area contributed by atoms with Crippen LogP contribution in [0.1, 0.15) is 94.6 Å². The standard InChI is InChI=1S/C51H75B19/c1-18-20(3)27(10)37-35(24(18)7)26(9)22(5)29(12)39(37)40-30(13)23(6)31(14)41-42(40)34(17)36-25(8)19(2)21(4)28(11)38(36)43(41)44-45-46(47(52)48(63-53)51(44)65(55)56)50(67(69(60)61)70(62)64-54)33(16)32(15)49(45)66(57)68(58)59/h63-64H,52-62H2,1-17H3. The van der Waals surface area contributed by atoms with Crippen molar-refractivity contribution in [2.24, 2.45) is 0 Å². The molecule has 0 heterocycles. The van der Waals surface area contributed by atoms with Crippen LogP contribution in [-0.4, -0.2) is 138 Å². The number of rotatable bonds is 10. The third kappa shape index (κ3) is 7.73. The predicted molar refractivity (Wildman–Crippen MR) is 369 cm³/mol. The Hall–Kier alpha value is -3.19. The van der Waals surface area contributed by atoms with Gasteiger partial charge in [0.1, 0.15) is 21.5 Å². The van der Waals surface area contributed by atoms with E-state index in [9.17, 15) is 0 Å². The Morgan fingerprint density at radius 2 is 0.671 bits per heavy atom. The first-order chi connectivity index (χ1) is 32.6. The Kier molecular flexibility index (Phi) is 15.3. The first-order valence-electron chi connectivity index (χ1n) is 27.7. The minimum atomic E-state index is 0.309. The molecule has 0 N–H and O–H groups in total. The van der Waals surface area contributed by atoms with Crippen LogP contribution in [0.3, 0.4) is 0 Å². The fraction of sp³-hybridized carbons (Fsp3) is 0.333. The van der Waals surface area contributed by atoms with E-state index in [1.807, 2.05) is 0 Å². The smallest absolute Gasteiger partial charge is 0.105 e. The van der Waals surface area contributed by atoms with Crippen LogP contribution in [0.25, 0.3) is 65.3 Å². The zero-order chi connectivity index (χ0) is 52.5. The molecule has 0 saturated heterocycles. The van der Waals surface area contributed by atoms with Gasteiger partial charge in [-0.3, -0.25) is 0 Å². The number of fused-ring (bicyclic) bond motifs is 4. The SMILES string of the molecule is BBB(B)B(B(B)B)c1c(C)c(C)c(B(B)B(B)B)c2c(-c3c4c(C)c(C)c(C)c(C)c4c(C)c4c(-c5c(C)c(C)c(C)c6c(C)c(C)c(C)c(C)c56)c(C)c(C)c(C)c34)c(B(B)B)c(BB)c(B)c12. The van der Waals surface area contributed by atoms with Crippen LogP contribution in [0, 0.1) is 118 Å². The maximum Gasteiger partial charge on any atom is 0.139 e. The summed E-state index contributed by atoms with van der Waals surface area (Å²) in [5.41, 5.74) is 38.2. The predicted octanol–water partition coefficient (Wildman–Crippen LogP) is -2.91. The van der Waals surface area contributed by atoms with Gasteiger partial charge < -0.3 is 0 Å². The second-order valence-corrected chi connectivity index (χ2v) is 24.2. The molecule has 0 aliphatic carbocycles. The minimum absolute atomic E-state index is 0.309. The second kappa shape index (κ2) is 19.6. The fourth-order valence-electron chi connectivity index (χ4n) is 14.5. The highest BCUT2D eigenvalue weighted by molar-refractivity contribution is 7.87. The van der Waals surface area contributed by atoms with Crippen molar-refractivity contribution in [3.63, 3.8) is 0 Å². The van der Waals surface area contributed by atoms with E-state index in [0.717, 1.165) is 7.17 Å². The van der Waals surface area contributed by atoms with Crippen molar-refractivity contribution in [2.45, 2.75) is 118 Å². The molecule has 70 heavy (non-hydrogen) atoms. The largest absolute Gasteiger partial charge is 0.139 e. The lowest BCUT2D eigenvalue weighted by molar-refractivity contribution is 1.22. The summed E-state index contributed by atoms with van der Waals surface area (Å²) in [5, 5.41) is 11.9. The number of hydrogen-bond acceptors (Lipinski definition) is 0. The number of hydrogen-bond donors (Lipinski definition) is 0. The van der Waals surface area contributed by atoms with Crippen molar-refractivity contribution in [1.82, 2.24) is 0 Å². The van der Waals surface area contributed by atoms with E-state index in [-0.39, 0.29) is 0 Å². The second-order valence-electron chi connectivity index (χ2n) is 24.2. The highest BCUT2D eigenvalue weighted by Gasteiger charge is 2.38. The van der Waals surface area contributed by atoms with Gasteiger partial charge in [-0.2, -0.15) is 0 Å².